The van der Waals surface area contributed by atoms with E-state index in [4.69, 9.17) is 0 Å². The fourth-order valence-electron chi connectivity index (χ4n) is 1.66. The van der Waals surface area contributed by atoms with E-state index in [0.717, 1.165) is 11.0 Å². The zero-order chi connectivity index (χ0) is 16.3. The van der Waals surface area contributed by atoms with Crippen molar-refractivity contribution >= 4 is 42.7 Å². The minimum absolute atomic E-state index is 0.0938. The third-order valence-corrected chi connectivity index (χ3v) is 4.33. The molecule has 7 nitrogen and oxygen atoms in total. The third-order valence-electron chi connectivity index (χ3n) is 2.66. The van der Waals surface area contributed by atoms with Crippen molar-refractivity contribution in [3.63, 3.8) is 0 Å². The summed E-state index contributed by atoms with van der Waals surface area (Å²) in [5.74, 6) is -0.347. The number of fused-ring (bicyclic) bond motifs is 1. The molecule has 0 fully saturated rings. The molecule has 1 aromatic heterocycles. The second-order valence-corrected chi connectivity index (χ2v) is 7.50. The minimum Gasteiger partial charge on any atom is -0.336 e. The number of carbonyl (C=O) groups is 1. The van der Waals surface area contributed by atoms with E-state index in [1.807, 2.05) is 0 Å². The van der Waals surface area contributed by atoms with Crippen LogP contribution in [0.2, 0.25) is 0 Å². The number of anilines is 1. The predicted molar refractivity (Wildman–Crippen MR) is 84.2 cm³/mol. The Bertz CT molecular complexity index is 765. The number of aromatic nitrogens is 1. The fourth-order valence-corrected chi connectivity index (χ4v) is 3.07. The van der Waals surface area contributed by atoms with E-state index in [0.29, 0.717) is 16.2 Å². The van der Waals surface area contributed by atoms with Gasteiger partial charge in [0.2, 0.25) is 10.0 Å². The Morgan fingerprint density at radius 3 is 2.77 bits per heavy atom. The number of carbonyl (C=O) groups excluding carboxylic acids is 1. The summed E-state index contributed by atoms with van der Waals surface area (Å²) >= 11 is 1.23. The number of benzene rings is 1. The SMILES string of the molecule is Cc1cc2sc(NC(=O)NCCNS(C)(=O)=O)nc2cc1F. The zero-order valence-electron chi connectivity index (χ0n) is 11.9. The van der Waals surface area contributed by atoms with Crippen LogP contribution in [0.3, 0.4) is 0 Å². The van der Waals surface area contributed by atoms with Gasteiger partial charge in [0.05, 0.1) is 16.5 Å². The van der Waals surface area contributed by atoms with Crippen LogP contribution >= 0.6 is 11.3 Å². The maximum absolute atomic E-state index is 13.4. The Morgan fingerprint density at radius 1 is 1.36 bits per heavy atom. The standard InChI is InChI=1S/C12H15FN4O3S2/c1-7-5-10-9(6-8(7)13)16-12(21-10)17-11(18)14-3-4-15-22(2,19)20/h5-6,15H,3-4H2,1-2H3,(H2,14,16,17,18). The first-order chi connectivity index (χ1) is 10.2. The smallest absolute Gasteiger partial charge is 0.321 e. The molecule has 0 unspecified atom stereocenters. The summed E-state index contributed by atoms with van der Waals surface area (Å²) in [5, 5.41) is 5.35. The molecule has 0 aliphatic rings. The van der Waals surface area contributed by atoms with E-state index in [9.17, 15) is 17.6 Å². The third kappa shape index (κ3) is 4.61. The molecule has 0 saturated carbocycles. The number of nitrogens with zero attached hydrogens (tertiary/aromatic N) is 1. The number of nitrogens with one attached hydrogen (secondary N) is 3. The van der Waals surface area contributed by atoms with Crippen molar-refractivity contribution in [1.82, 2.24) is 15.0 Å². The van der Waals surface area contributed by atoms with Gasteiger partial charge in [-0.25, -0.2) is 27.3 Å². The second-order valence-electron chi connectivity index (χ2n) is 4.64. The zero-order valence-corrected chi connectivity index (χ0v) is 13.6. The predicted octanol–water partition coefficient (Wildman–Crippen LogP) is 1.41. The lowest BCUT2D eigenvalue weighted by atomic mass is 10.2. The first-order valence-corrected chi connectivity index (χ1v) is 9.01. The van der Waals surface area contributed by atoms with Crippen LogP contribution in [-0.4, -0.2) is 38.8 Å². The van der Waals surface area contributed by atoms with Gasteiger partial charge >= 0.3 is 6.03 Å². The van der Waals surface area contributed by atoms with E-state index in [1.165, 1.54) is 17.4 Å². The largest absolute Gasteiger partial charge is 0.336 e. The summed E-state index contributed by atoms with van der Waals surface area (Å²) in [5.41, 5.74) is 0.987. The number of hydrogen-bond acceptors (Lipinski definition) is 5. The van der Waals surface area contributed by atoms with Gasteiger partial charge in [-0.2, -0.15) is 0 Å². The molecule has 0 saturated heterocycles. The van der Waals surface area contributed by atoms with Crippen LogP contribution < -0.4 is 15.4 Å². The van der Waals surface area contributed by atoms with Crippen molar-refractivity contribution in [2.45, 2.75) is 6.92 Å². The van der Waals surface area contributed by atoms with Crippen molar-refractivity contribution < 1.29 is 17.6 Å². The van der Waals surface area contributed by atoms with Crippen LogP contribution in [0.4, 0.5) is 14.3 Å². The van der Waals surface area contributed by atoms with Crippen LogP contribution in [0, 0.1) is 12.7 Å². The Balaban J connectivity index is 1.92. The molecule has 3 N–H and O–H groups in total. The molecule has 10 heteroatoms. The maximum atomic E-state index is 13.4. The van der Waals surface area contributed by atoms with E-state index >= 15 is 0 Å². The highest BCUT2D eigenvalue weighted by molar-refractivity contribution is 7.88. The van der Waals surface area contributed by atoms with Crippen LogP contribution in [0.1, 0.15) is 5.56 Å². The molecule has 22 heavy (non-hydrogen) atoms. The number of sulfonamides is 1. The highest BCUT2D eigenvalue weighted by Gasteiger charge is 2.10. The van der Waals surface area contributed by atoms with Crippen molar-refractivity contribution in [2.75, 3.05) is 24.7 Å². The van der Waals surface area contributed by atoms with Crippen molar-refractivity contribution in [1.29, 1.82) is 0 Å². The van der Waals surface area contributed by atoms with Gasteiger partial charge < -0.3 is 5.32 Å². The molecule has 0 aliphatic carbocycles. The molecule has 2 aromatic rings. The Kier molecular flexibility index (Phi) is 4.94. The van der Waals surface area contributed by atoms with Gasteiger partial charge in [0.15, 0.2) is 5.13 Å². The summed E-state index contributed by atoms with van der Waals surface area (Å²) in [6, 6.07) is 2.48. The molecule has 0 atom stereocenters. The van der Waals surface area contributed by atoms with E-state index in [-0.39, 0.29) is 18.9 Å². The van der Waals surface area contributed by atoms with Gasteiger partial charge in [-0.15, -0.1) is 0 Å². The number of urea groups is 1. The number of halogens is 1. The molecule has 2 rings (SSSR count). The van der Waals surface area contributed by atoms with E-state index < -0.39 is 16.1 Å². The molecule has 0 aliphatic heterocycles. The average Bonchev–Trinajstić information content (AvgIpc) is 2.75. The Hall–Kier alpha value is -1.78. The lowest BCUT2D eigenvalue weighted by molar-refractivity contribution is 0.252. The van der Waals surface area contributed by atoms with Gasteiger partial charge in [-0.3, -0.25) is 5.32 Å². The van der Waals surface area contributed by atoms with Gasteiger partial charge in [0.1, 0.15) is 5.82 Å². The summed E-state index contributed by atoms with van der Waals surface area (Å²) in [6.45, 7) is 1.89. The van der Waals surface area contributed by atoms with Crippen LogP contribution in [0.25, 0.3) is 10.2 Å². The molecular formula is C12H15FN4O3S2. The van der Waals surface area contributed by atoms with Crippen LogP contribution in [-0.2, 0) is 10.0 Å². The summed E-state index contributed by atoms with van der Waals surface area (Å²) in [6.07, 6.45) is 1.04. The number of aryl methyl sites for hydroxylation is 1. The molecule has 0 spiro atoms. The molecule has 2 amide bonds. The fraction of sp³-hybridized carbons (Fsp3) is 0.333. The maximum Gasteiger partial charge on any atom is 0.321 e. The lowest BCUT2D eigenvalue weighted by Crippen LogP contribution is -2.36. The van der Waals surface area contributed by atoms with Gasteiger partial charge in [0.25, 0.3) is 0 Å². The highest BCUT2D eigenvalue weighted by atomic mass is 32.2. The van der Waals surface area contributed by atoms with Crippen molar-refractivity contribution in [3.8, 4) is 0 Å². The average molecular weight is 346 g/mol. The second kappa shape index (κ2) is 6.55. The van der Waals surface area contributed by atoms with Crippen molar-refractivity contribution in [2.24, 2.45) is 0 Å². The topological polar surface area (TPSA) is 100 Å². The monoisotopic (exact) mass is 346 g/mol. The summed E-state index contributed by atoms with van der Waals surface area (Å²) < 4.78 is 38.1. The van der Waals surface area contributed by atoms with E-state index in [1.54, 1.807) is 13.0 Å². The van der Waals surface area contributed by atoms with Crippen molar-refractivity contribution in [3.05, 3.63) is 23.5 Å². The van der Waals surface area contributed by atoms with Gasteiger partial charge in [-0.1, -0.05) is 11.3 Å². The molecule has 1 aromatic carbocycles. The van der Waals surface area contributed by atoms with Gasteiger partial charge in [0, 0.05) is 19.2 Å². The Morgan fingerprint density at radius 2 is 2.09 bits per heavy atom. The minimum atomic E-state index is -3.27. The Labute approximate surface area is 131 Å². The molecule has 0 radical (unpaired) electrons. The number of amides is 2. The molecular weight excluding hydrogens is 331 g/mol. The van der Waals surface area contributed by atoms with Gasteiger partial charge in [-0.05, 0) is 18.6 Å². The quantitative estimate of drug-likeness (QED) is 0.713. The van der Waals surface area contributed by atoms with E-state index in [2.05, 4.69) is 20.3 Å². The normalized spacial score (nSPS) is 11.6. The lowest BCUT2D eigenvalue weighted by Gasteiger charge is -2.05. The summed E-state index contributed by atoms with van der Waals surface area (Å²) in [7, 11) is -3.27. The summed E-state index contributed by atoms with van der Waals surface area (Å²) in [4.78, 5) is 15.8. The molecule has 120 valence electrons. The van der Waals surface area contributed by atoms with Crippen LogP contribution in [0.15, 0.2) is 12.1 Å². The highest BCUT2D eigenvalue weighted by Crippen LogP contribution is 2.27. The number of thiazole rings is 1. The first-order valence-electron chi connectivity index (χ1n) is 6.31. The number of hydrogen-bond donors (Lipinski definition) is 3. The molecule has 0 bridgehead atoms. The van der Waals surface area contributed by atoms with Crippen LogP contribution in [0.5, 0.6) is 0 Å². The molecule has 1 heterocycles. The number of rotatable bonds is 5. The first kappa shape index (κ1) is 16.6.